The van der Waals surface area contributed by atoms with Gasteiger partial charge in [0.05, 0.1) is 0 Å². The summed E-state index contributed by atoms with van der Waals surface area (Å²) in [6.45, 7) is 2.74. The molecule has 0 unspecified atom stereocenters. The van der Waals surface area contributed by atoms with Gasteiger partial charge in [-0.1, -0.05) is 25.5 Å². The number of hydrogen-bond acceptors (Lipinski definition) is 2. The predicted molar refractivity (Wildman–Crippen MR) is 70.4 cm³/mol. The third-order valence-electron chi connectivity index (χ3n) is 2.41. The normalized spacial score (nSPS) is 10.5. The van der Waals surface area contributed by atoms with Crippen molar-refractivity contribution in [3.05, 3.63) is 41.5 Å². The maximum atomic E-state index is 11.7. The van der Waals surface area contributed by atoms with E-state index >= 15 is 0 Å². The van der Waals surface area contributed by atoms with Gasteiger partial charge in [-0.2, -0.15) is 0 Å². The number of carboxylic acids is 1. The van der Waals surface area contributed by atoms with Gasteiger partial charge in [0, 0.05) is 18.2 Å². The molecule has 18 heavy (non-hydrogen) atoms. The molecule has 0 aliphatic heterocycles. The fourth-order valence-corrected chi connectivity index (χ4v) is 1.39. The molecule has 4 nitrogen and oxygen atoms in total. The fourth-order valence-electron chi connectivity index (χ4n) is 1.39. The van der Waals surface area contributed by atoms with Crippen molar-refractivity contribution in [3.63, 3.8) is 0 Å². The molecule has 2 N–H and O–H groups in total. The van der Waals surface area contributed by atoms with Gasteiger partial charge in [0.1, 0.15) is 0 Å². The molecule has 1 rings (SSSR count). The molecule has 1 aromatic carbocycles. The molecule has 4 heteroatoms. The number of rotatable bonds is 6. The summed E-state index contributed by atoms with van der Waals surface area (Å²) in [4.78, 5) is 22.0. The number of nitrogens with one attached hydrogen (secondary N) is 1. The smallest absolute Gasteiger partial charge is 0.328 e. The minimum atomic E-state index is -0.989. The minimum Gasteiger partial charge on any atom is -0.478 e. The summed E-state index contributed by atoms with van der Waals surface area (Å²) in [7, 11) is 0. The van der Waals surface area contributed by atoms with Gasteiger partial charge in [0.25, 0.3) is 5.91 Å². The van der Waals surface area contributed by atoms with E-state index in [1.807, 2.05) is 0 Å². The molecule has 0 radical (unpaired) electrons. The van der Waals surface area contributed by atoms with E-state index < -0.39 is 5.97 Å². The minimum absolute atomic E-state index is 0.0998. The first-order chi connectivity index (χ1) is 8.63. The number of aliphatic carboxylic acids is 1. The third-order valence-corrected chi connectivity index (χ3v) is 2.41. The Bertz CT molecular complexity index is 435. The van der Waals surface area contributed by atoms with E-state index in [1.54, 1.807) is 24.3 Å². The van der Waals surface area contributed by atoms with E-state index in [1.165, 1.54) is 6.08 Å². The van der Waals surface area contributed by atoms with Crippen LogP contribution in [0.25, 0.3) is 6.08 Å². The lowest BCUT2D eigenvalue weighted by Gasteiger charge is -2.04. The van der Waals surface area contributed by atoms with E-state index in [2.05, 4.69) is 12.2 Å². The van der Waals surface area contributed by atoms with Crippen LogP contribution in [-0.4, -0.2) is 23.5 Å². The van der Waals surface area contributed by atoms with Gasteiger partial charge >= 0.3 is 5.97 Å². The van der Waals surface area contributed by atoms with E-state index in [-0.39, 0.29) is 5.91 Å². The van der Waals surface area contributed by atoms with Gasteiger partial charge in [0.2, 0.25) is 0 Å². The summed E-state index contributed by atoms with van der Waals surface area (Å²) in [6, 6.07) is 6.80. The molecule has 0 saturated heterocycles. The first-order valence-corrected chi connectivity index (χ1v) is 5.92. The van der Waals surface area contributed by atoms with Crippen LogP contribution in [0.2, 0.25) is 0 Å². The largest absolute Gasteiger partial charge is 0.478 e. The monoisotopic (exact) mass is 247 g/mol. The summed E-state index contributed by atoms with van der Waals surface area (Å²) in [5, 5.41) is 11.3. The molecule has 0 fully saturated rings. The number of carbonyl (C=O) groups is 2. The van der Waals surface area contributed by atoms with E-state index in [9.17, 15) is 9.59 Å². The molecule has 0 aromatic heterocycles. The summed E-state index contributed by atoms with van der Waals surface area (Å²) in [5.74, 6) is -1.09. The standard InChI is InChI=1S/C14H17NO3/c1-2-3-10-15-14(18)12-7-4-11(5-8-12)6-9-13(16)17/h4-9H,2-3,10H2,1H3,(H,15,18)(H,16,17). The Morgan fingerprint density at radius 2 is 1.94 bits per heavy atom. The molecule has 1 aromatic rings. The van der Waals surface area contributed by atoms with Crippen LogP contribution < -0.4 is 5.32 Å². The Hall–Kier alpha value is -2.10. The fraction of sp³-hybridized carbons (Fsp3) is 0.286. The molecule has 0 aliphatic carbocycles. The summed E-state index contributed by atoms with van der Waals surface area (Å²) in [5.41, 5.74) is 1.33. The highest BCUT2D eigenvalue weighted by atomic mass is 16.4. The average Bonchev–Trinajstić information content (AvgIpc) is 2.37. The average molecular weight is 247 g/mol. The van der Waals surface area contributed by atoms with Crippen molar-refractivity contribution in [3.8, 4) is 0 Å². The van der Waals surface area contributed by atoms with E-state index in [4.69, 9.17) is 5.11 Å². The van der Waals surface area contributed by atoms with Crippen LogP contribution in [-0.2, 0) is 4.79 Å². The Kier molecular flexibility index (Phi) is 5.64. The second kappa shape index (κ2) is 7.27. The number of unbranched alkanes of at least 4 members (excludes halogenated alkanes) is 1. The molecule has 0 bridgehead atoms. The molecule has 0 saturated carbocycles. The SMILES string of the molecule is CCCCNC(=O)c1ccc(C=CC(=O)O)cc1. The molecular formula is C14H17NO3. The van der Waals surface area contributed by atoms with Crippen LogP contribution >= 0.6 is 0 Å². The highest BCUT2D eigenvalue weighted by Gasteiger charge is 2.03. The number of carboxylic acid groups (broad SMARTS) is 1. The quantitative estimate of drug-likeness (QED) is 0.599. The van der Waals surface area contributed by atoms with Gasteiger partial charge < -0.3 is 10.4 Å². The highest BCUT2D eigenvalue weighted by molar-refractivity contribution is 5.94. The number of amides is 1. The maximum absolute atomic E-state index is 11.7. The van der Waals surface area contributed by atoms with Gasteiger partial charge in [-0.25, -0.2) is 4.79 Å². The Labute approximate surface area is 106 Å². The number of benzene rings is 1. The van der Waals surface area contributed by atoms with Crippen LogP contribution in [0.15, 0.2) is 30.3 Å². The van der Waals surface area contributed by atoms with Crippen LogP contribution in [0, 0.1) is 0 Å². The lowest BCUT2D eigenvalue weighted by atomic mass is 10.1. The number of carbonyl (C=O) groups excluding carboxylic acids is 1. The molecular weight excluding hydrogens is 230 g/mol. The zero-order valence-electron chi connectivity index (χ0n) is 10.3. The van der Waals surface area contributed by atoms with Gasteiger partial charge in [-0.3, -0.25) is 4.79 Å². The zero-order chi connectivity index (χ0) is 13.4. The number of hydrogen-bond donors (Lipinski definition) is 2. The van der Waals surface area contributed by atoms with Crippen molar-refractivity contribution in [2.45, 2.75) is 19.8 Å². The van der Waals surface area contributed by atoms with Gasteiger partial charge in [0.15, 0.2) is 0 Å². The second-order valence-corrected chi connectivity index (χ2v) is 3.90. The zero-order valence-corrected chi connectivity index (χ0v) is 10.3. The Morgan fingerprint density at radius 1 is 1.28 bits per heavy atom. The lowest BCUT2D eigenvalue weighted by Crippen LogP contribution is -2.24. The first kappa shape index (κ1) is 14.0. The van der Waals surface area contributed by atoms with Crippen molar-refractivity contribution in [2.24, 2.45) is 0 Å². The maximum Gasteiger partial charge on any atom is 0.328 e. The summed E-state index contributed by atoms with van der Waals surface area (Å²) in [6.07, 6.45) is 4.56. The van der Waals surface area contributed by atoms with Crippen LogP contribution in [0.1, 0.15) is 35.7 Å². The van der Waals surface area contributed by atoms with Crippen molar-refractivity contribution in [1.29, 1.82) is 0 Å². The van der Waals surface area contributed by atoms with Crippen LogP contribution in [0.4, 0.5) is 0 Å². The highest BCUT2D eigenvalue weighted by Crippen LogP contribution is 2.06. The predicted octanol–water partition coefficient (Wildman–Crippen LogP) is 2.31. The van der Waals surface area contributed by atoms with Crippen molar-refractivity contribution >= 4 is 18.0 Å². The topological polar surface area (TPSA) is 66.4 Å². The van der Waals surface area contributed by atoms with Gasteiger partial charge in [-0.05, 0) is 30.2 Å². The third kappa shape index (κ3) is 4.82. The summed E-state index contributed by atoms with van der Waals surface area (Å²) < 4.78 is 0. The Morgan fingerprint density at radius 3 is 2.50 bits per heavy atom. The Balaban J connectivity index is 2.59. The molecule has 1 amide bonds. The first-order valence-electron chi connectivity index (χ1n) is 5.92. The van der Waals surface area contributed by atoms with Crippen molar-refractivity contribution in [2.75, 3.05) is 6.54 Å². The molecule has 0 heterocycles. The second-order valence-electron chi connectivity index (χ2n) is 3.90. The van der Waals surface area contributed by atoms with Crippen LogP contribution in [0.5, 0.6) is 0 Å². The lowest BCUT2D eigenvalue weighted by molar-refractivity contribution is -0.131. The molecule has 96 valence electrons. The molecule has 0 spiro atoms. The van der Waals surface area contributed by atoms with Crippen molar-refractivity contribution in [1.82, 2.24) is 5.32 Å². The van der Waals surface area contributed by atoms with Crippen molar-refractivity contribution < 1.29 is 14.7 Å². The van der Waals surface area contributed by atoms with Gasteiger partial charge in [-0.15, -0.1) is 0 Å². The summed E-state index contributed by atoms with van der Waals surface area (Å²) >= 11 is 0. The molecule has 0 atom stereocenters. The van der Waals surface area contributed by atoms with E-state index in [0.717, 1.165) is 24.5 Å². The van der Waals surface area contributed by atoms with Crippen LogP contribution in [0.3, 0.4) is 0 Å². The van der Waals surface area contributed by atoms with E-state index in [0.29, 0.717) is 12.1 Å². The molecule has 0 aliphatic rings.